The van der Waals surface area contributed by atoms with Gasteiger partial charge in [0, 0.05) is 6.54 Å². The highest BCUT2D eigenvalue weighted by atomic mass is 19.1. The normalized spacial score (nSPS) is 12.6. The minimum Gasteiger partial charge on any atom is -0.352 e. The van der Waals surface area contributed by atoms with E-state index < -0.39 is 6.67 Å². The van der Waals surface area contributed by atoms with Crippen LogP contribution >= 0.6 is 0 Å². The second-order valence-corrected chi connectivity index (χ2v) is 2.26. The molecule has 0 heterocycles. The van der Waals surface area contributed by atoms with Crippen LogP contribution in [0.4, 0.5) is 4.39 Å². The molecule has 1 amide bonds. The molecule has 0 aliphatic carbocycles. The number of carbonyl (C=O) groups is 1. The van der Waals surface area contributed by atoms with Gasteiger partial charge in [0.15, 0.2) is 0 Å². The van der Waals surface area contributed by atoms with Crippen LogP contribution in [0, 0.1) is 0 Å². The Kier molecular flexibility index (Phi) is 5.74. The number of hydrogen-bond acceptors (Lipinski definition) is 2. The van der Waals surface area contributed by atoms with Crippen LogP contribution in [0.1, 0.15) is 13.8 Å². The maximum Gasteiger partial charge on any atom is 0.236 e. The van der Waals surface area contributed by atoms with Gasteiger partial charge in [0.2, 0.25) is 5.91 Å². The number of hydrogen-bond donors (Lipinski definition) is 2. The highest BCUT2D eigenvalue weighted by Crippen LogP contribution is 1.80. The first-order valence-corrected chi connectivity index (χ1v) is 3.79. The number of alkyl halides is 1. The van der Waals surface area contributed by atoms with Crippen molar-refractivity contribution in [2.45, 2.75) is 19.9 Å². The van der Waals surface area contributed by atoms with Crippen LogP contribution < -0.4 is 10.6 Å². The average molecular weight is 162 g/mol. The van der Waals surface area contributed by atoms with E-state index in [1.165, 1.54) is 0 Å². The second-order valence-electron chi connectivity index (χ2n) is 2.26. The van der Waals surface area contributed by atoms with Crippen molar-refractivity contribution >= 4 is 5.91 Å². The van der Waals surface area contributed by atoms with Gasteiger partial charge in [-0.25, -0.2) is 4.39 Å². The van der Waals surface area contributed by atoms with Gasteiger partial charge in [-0.3, -0.25) is 4.79 Å². The summed E-state index contributed by atoms with van der Waals surface area (Å²) in [6.07, 6.45) is 0. The predicted molar refractivity (Wildman–Crippen MR) is 42.1 cm³/mol. The first-order chi connectivity index (χ1) is 5.22. The van der Waals surface area contributed by atoms with Crippen LogP contribution in [-0.2, 0) is 4.79 Å². The molecular weight excluding hydrogens is 147 g/mol. The topological polar surface area (TPSA) is 41.1 Å². The molecule has 0 saturated carbocycles. The van der Waals surface area contributed by atoms with Crippen molar-refractivity contribution in [1.29, 1.82) is 0 Å². The fourth-order valence-electron chi connectivity index (χ4n) is 0.722. The van der Waals surface area contributed by atoms with Gasteiger partial charge in [0.05, 0.1) is 6.04 Å². The Labute approximate surface area is 66.4 Å². The number of nitrogens with one attached hydrogen (secondary N) is 2. The molecule has 0 aromatic heterocycles. The number of rotatable bonds is 5. The zero-order valence-electron chi connectivity index (χ0n) is 6.98. The third kappa shape index (κ3) is 4.72. The lowest BCUT2D eigenvalue weighted by Crippen LogP contribution is -2.42. The average Bonchev–Trinajstić information content (AvgIpc) is 2.00. The lowest BCUT2D eigenvalue weighted by Gasteiger charge is -2.10. The molecule has 4 heteroatoms. The summed E-state index contributed by atoms with van der Waals surface area (Å²) in [6.45, 7) is 4.00. The molecule has 11 heavy (non-hydrogen) atoms. The number of carbonyl (C=O) groups excluding carboxylic acids is 1. The Morgan fingerprint density at radius 2 is 2.27 bits per heavy atom. The molecular formula is C7H15FN2O. The summed E-state index contributed by atoms with van der Waals surface area (Å²) in [4.78, 5) is 11.0. The Balaban J connectivity index is 3.47. The summed E-state index contributed by atoms with van der Waals surface area (Å²) in [5.41, 5.74) is 0. The summed E-state index contributed by atoms with van der Waals surface area (Å²) in [5.74, 6) is -0.149. The van der Waals surface area contributed by atoms with Crippen molar-refractivity contribution < 1.29 is 9.18 Å². The van der Waals surface area contributed by atoms with Crippen molar-refractivity contribution in [2.75, 3.05) is 19.8 Å². The molecule has 0 unspecified atom stereocenters. The van der Waals surface area contributed by atoms with Gasteiger partial charge in [0.1, 0.15) is 6.67 Å². The summed E-state index contributed by atoms with van der Waals surface area (Å²) in [5, 5.41) is 5.36. The number of likely N-dealkylation sites (N-methyl/N-ethyl adjacent to an activating group) is 1. The first-order valence-electron chi connectivity index (χ1n) is 3.79. The molecule has 0 aliphatic rings. The predicted octanol–water partition coefficient (Wildman–Crippen LogP) is 0.0701. The minimum absolute atomic E-state index is 0.106. The molecule has 3 nitrogen and oxygen atoms in total. The monoisotopic (exact) mass is 162 g/mol. The molecule has 0 radical (unpaired) electrons. The van der Waals surface area contributed by atoms with Gasteiger partial charge in [0.25, 0.3) is 0 Å². The highest BCUT2D eigenvalue weighted by Gasteiger charge is 2.08. The van der Waals surface area contributed by atoms with Crippen LogP contribution in [0.3, 0.4) is 0 Å². The molecule has 0 aromatic rings. The largest absolute Gasteiger partial charge is 0.352 e. The molecule has 0 aromatic carbocycles. The van der Waals surface area contributed by atoms with Gasteiger partial charge in [-0.15, -0.1) is 0 Å². The van der Waals surface area contributed by atoms with E-state index >= 15 is 0 Å². The second kappa shape index (κ2) is 6.09. The zero-order chi connectivity index (χ0) is 8.69. The number of halogens is 1. The van der Waals surface area contributed by atoms with E-state index in [2.05, 4.69) is 10.6 Å². The summed E-state index contributed by atoms with van der Waals surface area (Å²) >= 11 is 0. The summed E-state index contributed by atoms with van der Waals surface area (Å²) in [6, 6.07) is -0.230. The van der Waals surface area contributed by atoms with Crippen molar-refractivity contribution in [1.82, 2.24) is 10.6 Å². The van der Waals surface area contributed by atoms with Gasteiger partial charge in [-0.05, 0) is 13.5 Å². The van der Waals surface area contributed by atoms with E-state index in [1.54, 1.807) is 6.92 Å². The molecule has 0 spiro atoms. The van der Waals surface area contributed by atoms with Crippen LogP contribution in [0.15, 0.2) is 0 Å². The molecule has 0 bridgehead atoms. The van der Waals surface area contributed by atoms with Crippen LogP contribution in [-0.4, -0.2) is 31.7 Å². The third-order valence-electron chi connectivity index (χ3n) is 1.30. The van der Waals surface area contributed by atoms with Crippen molar-refractivity contribution in [3.05, 3.63) is 0 Å². The quantitative estimate of drug-likeness (QED) is 0.600. The molecule has 2 N–H and O–H groups in total. The van der Waals surface area contributed by atoms with Gasteiger partial charge in [-0.1, -0.05) is 6.92 Å². The van der Waals surface area contributed by atoms with E-state index in [9.17, 15) is 9.18 Å². The lowest BCUT2D eigenvalue weighted by molar-refractivity contribution is -0.122. The Morgan fingerprint density at radius 1 is 1.64 bits per heavy atom. The van der Waals surface area contributed by atoms with Crippen molar-refractivity contribution in [3.63, 3.8) is 0 Å². The van der Waals surface area contributed by atoms with Crippen LogP contribution in [0.2, 0.25) is 0 Å². The first kappa shape index (κ1) is 10.4. The van der Waals surface area contributed by atoms with E-state index in [0.29, 0.717) is 0 Å². The molecule has 1 atom stereocenters. The molecule has 0 saturated heterocycles. The molecule has 0 rings (SSSR count). The Bertz CT molecular complexity index is 119. The number of amides is 1. The lowest BCUT2D eigenvalue weighted by atomic mass is 10.3. The Hall–Kier alpha value is -0.640. The van der Waals surface area contributed by atoms with E-state index in [1.807, 2.05) is 6.92 Å². The standard InChI is InChI=1S/C7H15FN2O/c1-3-9-6(2)7(11)10-5-4-8/h6,9H,3-5H2,1-2H3,(H,10,11)/t6-/m0/s1. The minimum atomic E-state index is -0.509. The molecule has 0 fully saturated rings. The van der Waals surface area contributed by atoms with E-state index in [-0.39, 0.29) is 18.5 Å². The SMILES string of the molecule is CCN[C@@H](C)C(=O)NCCF. The van der Waals surface area contributed by atoms with Crippen molar-refractivity contribution in [3.8, 4) is 0 Å². The highest BCUT2D eigenvalue weighted by molar-refractivity contribution is 5.81. The molecule has 66 valence electrons. The zero-order valence-corrected chi connectivity index (χ0v) is 6.98. The van der Waals surface area contributed by atoms with Crippen LogP contribution in [0.25, 0.3) is 0 Å². The van der Waals surface area contributed by atoms with E-state index in [4.69, 9.17) is 0 Å². The Morgan fingerprint density at radius 3 is 2.73 bits per heavy atom. The van der Waals surface area contributed by atoms with Gasteiger partial charge >= 0.3 is 0 Å². The smallest absolute Gasteiger partial charge is 0.236 e. The van der Waals surface area contributed by atoms with E-state index in [0.717, 1.165) is 6.54 Å². The van der Waals surface area contributed by atoms with Gasteiger partial charge in [-0.2, -0.15) is 0 Å². The fourth-order valence-corrected chi connectivity index (χ4v) is 0.722. The molecule has 0 aliphatic heterocycles. The summed E-state index contributed by atoms with van der Waals surface area (Å²) < 4.78 is 11.6. The van der Waals surface area contributed by atoms with Crippen molar-refractivity contribution in [2.24, 2.45) is 0 Å². The van der Waals surface area contributed by atoms with Crippen LogP contribution in [0.5, 0.6) is 0 Å². The maximum atomic E-state index is 11.6. The summed E-state index contributed by atoms with van der Waals surface area (Å²) in [7, 11) is 0. The third-order valence-corrected chi connectivity index (χ3v) is 1.30. The maximum absolute atomic E-state index is 11.6. The van der Waals surface area contributed by atoms with Gasteiger partial charge < -0.3 is 10.6 Å². The fraction of sp³-hybridized carbons (Fsp3) is 0.857.